The van der Waals surface area contributed by atoms with Crippen LogP contribution in [0.1, 0.15) is 167 Å². The summed E-state index contributed by atoms with van der Waals surface area (Å²) in [6.07, 6.45) is 38.1. The molecule has 3 heteroatoms. The van der Waals surface area contributed by atoms with Crippen LogP contribution in [0.15, 0.2) is 12.2 Å². The number of nitrogens with zero attached hydrogens (tertiary/aromatic N) is 1. The second-order valence-corrected chi connectivity index (χ2v) is 10.5. The molecular formula is C31H61NO2. The van der Waals surface area contributed by atoms with Crippen molar-refractivity contribution in [3.8, 4) is 0 Å². The van der Waals surface area contributed by atoms with Gasteiger partial charge in [0.15, 0.2) is 0 Å². The number of hydroxylamine groups is 2. The molecule has 0 saturated heterocycles. The van der Waals surface area contributed by atoms with Gasteiger partial charge in [-0.3, -0.25) is 4.79 Å². The highest BCUT2D eigenvalue weighted by Gasteiger charge is 2.03. The van der Waals surface area contributed by atoms with E-state index in [1.165, 1.54) is 146 Å². The summed E-state index contributed by atoms with van der Waals surface area (Å²) >= 11 is 0. The van der Waals surface area contributed by atoms with Crippen LogP contribution >= 0.6 is 0 Å². The summed E-state index contributed by atoms with van der Waals surface area (Å²) in [6, 6.07) is 0. The molecule has 0 N–H and O–H groups in total. The number of unbranched alkanes of at least 4 members (excludes halogenated alkanes) is 22. The van der Waals surface area contributed by atoms with Crippen LogP contribution in [0.4, 0.5) is 0 Å². The molecule has 0 aromatic rings. The van der Waals surface area contributed by atoms with Crippen molar-refractivity contribution in [2.45, 2.75) is 167 Å². The normalized spacial score (nSPS) is 11.6. The molecular weight excluding hydrogens is 418 g/mol. The SMILES string of the molecule is CCCCCCCCCCCCCCCCCCCC=CCCCCCCCC(=O)ON(C)C. The third kappa shape index (κ3) is 29.2. The molecule has 3 nitrogen and oxygen atoms in total. The minimum Gasteiger partial charge on any atom is -0.369 e. The minimum atomic E-state index is -0.114. The third-order valence-electron chi connectivity index (χ3n) is 6.68. The first-order chi connectivity index (χ1) is 16.7. The molecule has 0 rings (SSSR count). The number of hydrogen-bond donors (Lipinski definition) is 0. The van der Waals surface area contributed by atoms with Crippen molar-refractivity contribution in [1.29, 1.82) is 0 Å². The lowest BCUT2D eigenvalue weighted by Gasteiger charge is -2.09. The van der Waals surface area contributed by atoms with Crippen molar-refractivity contribution in [1.82, 2.24) is 5.06 Å². The third-order valence-corrected chi connectivity index (χ3v) is 6.68. The average Bonchev–Trinajstić information content (AvgIpc) is 2.81. The molecule has 0 aromatic carbocycles. The molecule has 0 aliphatic rings. The molecule has 0 saturated carbocycles. The first kappa shape index (κ1) is 33.2. The maximum atomic E-state index is 11.4. The fourth-order valence-electron chi connectivity index (χ4n) is 4.53. The quantitative estimate of drug-likeness (QED) is 0.0666. The van der Waals surface area contributed by atoms with Crippen LogP contribution in [0, 0.1) is 0 Å². The van der Waals surface area contributed by atoms with Gasteiger partial charge in [-0.2, -0.15) is 0 Å². The first-order valence-corrected chi connectivity index (χ1v) is 15.2. The maximum Gasteiger partial charge on any atom is 0.325 e. The van der Waals surface area contributed by atoms with Gasteiger partial charge >= 0.3 is 5.97 Å². The van der Waals surface area contributed by atoms with Crippen molar-refractivity contribution < 1.29 is 9.63 Å². The van der Waals surface area contributed by atoms with E-state index in [0.29, 0.717) is 6.42 Å². The van der Waals surface area contributed by atoms with Crippen molar-refractivity contribution in [2.24, 2.45) is 0 Å². The Labute approximate surface area is 214 Å². The summed E-state index contributed by atoms with van der Waals surface area (Å²) in [6.45, 7) is 2.30. The monoisotopic (exact) mass is 479 g/mol. The van der Waals surface area contributed by atoms with Crippen LogP contribution in [-0.4, -0.2) is 25.1 Å². The summed E-state index contributed by atoms with van der Waals surface area (Å²) in [5.41, 5.74) is 0. The van der Waals surface area contributed by atoms with E-state index >= 15 is 0 Å². The van der Waals surface area contributed by atoms with E-state index in [4.69, 9.17) is 4.84 Å². The molecule has 0 spiro atoms. The zero-order valence-electron chi connectivity index (χ0n) is 23.6. The number of carbonyl (C=O) groups excluding carboxylic acids is 1. The predicted molar refractivity (Wildman–Crippen MR) is 150 cm³/mol. The second-order valence-electron chi connectivity index (χ2n) is 10.5. The molecule has 0 heterocycles. The van der Waals surface area contributed by atoms with Crippen LogP contribution in [-0.2, 0) is 9.63 Å². The number of rotatable bonds is 27. The van der Waals surface area contributed by atoms with Crippen molar-refractivity contribution in [3.05, 3.63) is 12.2 Å². The first-order valence-electron chi connectivity index (χ1n) is 15.2. The van der Waals surface area contributed by atoms with Gasteiger partial charge in [-0.05, 0) is 32.1 Å². The molecule has 0 radical (unpaired) electrons. The van der Waals surface area contributed by atoms with E-state index in [2.05, 4.69) is 19.1 Å². The number of carbonyl (C=O) groups is 1. The van der Waals surface area contributed by atoms with E-state index < -0.39 is 0 Å². The standard InChI is InChI=1S/C31H61NO2/c1-4-5-6-7-8-9-10-11-12-13-14-15-16-17-18-19-20-21-22-23-24-25-26-27-28-29-30-31(33)34-32(2)3/h22-23H,4-21,24-30H2,1-3H3. The van der Waals surface area contributed by atoms with Crippen molar-refractivity contribution >= 4 is 5.97 Å². The van der Waals surface area contributed by atoms with Crippen LogP contribution in [0.25, 0.3) is 0 Å². The Kier molecular flexibility index (Phi) is 27.7. The van der Waals surface area contributed by atoms with Crippen LogP contribution in [0.2, 0.25) is 0 Å². The molecule has 0 unspecified atom stereocenters. The van der Waals surface area contributed by atoms with Crippen molar-refractivity contribution in [3.63, 3.8) is 0 Å². The van der Waals surface area contributed by atoms with E-state index in [0.717, 1.165) is 12.8 Å². The van der Waals surface area contributed by atoms with Gasteiger partial charge in [-0.1, -0.05) is 141 Å². The van der Waals surface area contributed by atoms with Crippen LogP contribution < -0.4 is 0 Å². The van der Waals surface area contributed by atoms with E-state index in [1.54, 1.807) is 14.1 Å². The maximum absolute atomic E-state index is 11.4. The molecule has 0 aliphatic carbocycles. The summed E-state index contributed by atoms with van der Waals surface area (Å²) in [4.78, 5) is 16.4. The Morgan fingerprint density at radius 2 is 0.853 bits per heavy atom. The van der Waals surface area contributed by atoms with Gasteiger partial charge in [0, 0.05) is 20.5 Å². The van der Waals surface area contributed by atoms with Gasteiger partial charge in [-0.15, -0.1) is 5.06 Å². The lowest BCUT2D eigenvalue weighted by Crippen LogP contribution is -2.18. The smallest absolute Gasteiger partial charge is 0.325 e. The Balaban J connectivity index is 3.13. The predicted octanol–water partition coefficient (Wildman–Crippen LogP) is 10.3. The summed E-state index contributed by atoms with van der Waals surface area (Å²) in [5.74, 6) is -0.114. The molecule has 0 atom stereocenters. The van der Waals surface area contributed by atoms with E-state index in [-0.39, 0.29) is 5.97 Å². The molecule has 202 valence electrons. The van der Waals surface area contributed by atoms with Gasteiger partial charge < -0.3 is 4.84 Å². The largest absolute Gasteiger partial charge is 0.369 e. The summed E-state index contributed by atoms with van der Waals surface area (Å²) < 4.78 is 0. The zero-order chi connectivity index (χ0) is 25.0. The minimum absolute atomic E-state index is 0.114. The molecule has 34 heavy (non-hydrogen) atoms. The Morgan fingerprint density at radius 3 is 1.21 bits per heavy atom. The second kappa shape index (κ2) is 28.4. The zero-order valence-corrected chi connectivity index (χ0v) is 23.6. The van der Waals surface area contributed by atoms with Gasteiger partial charge in [0.05, 0.1) is 0 Å². The lowest BCUT2D eigenvalue weighted by molar-refractivity contribution is -0.178. The fraction of sp³-hybridized carbons (Fsp3) is 0.903. The van der Waals surface area contributed by atoms with E-state index in [9.17, 15) is 4.79 Å². The van der Waals surface area contributed by atoms with Gasteiger partial charge in [0.2, 0.25) is 0 Å². The van der Waals surface area contributed by atoms with Gasteiger partial charge in [0.25, 0.3) is 0 Å². The highest BCUT2D eigenvalue weighted by atomic mass is 16.7. The lowest BCUT2D eigenvalue weighted by atomic mass is 10.0. The molecule has 0 aromatic heterocycles. The number of hydrogen-bond acceptors (Lipinski definition) is 3. The van der Waals surface area contributed by atoms with Crippen molar-refractivity contribution in [2.75, 3.05) is 14.1 Å². The number of allylic oxidation sites excluding steroid dienone is 2. The van der Waals surface area contributed by atoms with Gasteiger partial charge in [-0.25, -0.2) is 0 Å². The molecule has 0 bridgehead atoms. The summed E-state index contributed by atoms with van der Waals surface area (Å²) in [7, 11) is 3.49. The Morgan fingerprint density at radius 1 is 0.529 bits per heavy atom. The van der Waals surface area contributed by atoms with E-state index in [1.807, 2.05) is 0 Å². The van der Waals surface area contributed by atoms with Crippen LogP contribution in [0.5, 0.6) is 0 Å². The molecule has 0 amide bonds. The highest BCUT2D eigenvalue weighted by Crippen LogP contribution is 2.14. The Bertz CT molecular complexity index is 433. The Hall–Kier alpha value is -0.830. The molecule has 0 fully saturated rings. The highest BCUT2D eigenvalue weighted by molar-refractivity contribution is 5.68. The summed E-state index contributed by atoms with van der Waals surface area (Å²) in [5, 5.41) is 1.47. The fourth-order valence-corrected chi connectivity index (χ4v) is 4.53. The van der Waals surface area contributed by atoms with Crippen LogP contribution in [0.3, 0.4) is 0 Å². The van der Waals surface area contributed by atoms with Gasteiger partial charge in [0.1, 0.15) is 0 Å². The molecule has 0 aliphatic heterocycles. The average molecular weight is 480 g/mol. The topological polar surface area (TPSA) is 29.5 Å².